The molecule has 0 aliphatic rings. The van der Waals surface area contributed by atoms with E-state index in [-0.39, 0.29) is 11.4 Å². The van der Waals surface area contributed by atoms with Gasteiger partial charge in [-0.2, -0.15) is 11.8 Å². The first-order chi connectivity index (χ1) is 9.54. The summed E-state index contributed by atoms with van der Waals surface area (Å²) in [4.78, 5) is 12.1. The van der Waals surface area contributed by atoms with Crippen LogP contribution in [0.25, 0.3) is 0 Å². The van der Waals surface area contributed by atoms with Crippen molar-refractivity contribution >= 4 is 17.7 Å². The molecule has 20 heavy (non-hydrogen) atoms. The van der Waals surface area contributed by atoms with Gasteiger partial charge in [0.2, 0.25) is 0 Å². The third-order valence-corrected chi connectivity index (χ3v) is 4.64. The Labute approximate surface area is 126 Å². The summed E-state index contributed by atoms with van der Waals surface area (Å²) >= 11 is 1.88. The molecule has 0 aliphatic heterocycles. The minimum absolute atomic E-state index is 0.0450. The van der Waals surface area contributed by atoms with Gasteiger partial charge in [-0.3, -0.25) is 4.79 Å². The fourth-order valence-electron chi connectivity index (χ4n) is 1.83. The molecule has 0 heterocycles. The molecule has 0 bridgehead atoms. The second-order valence-corrected chi connectivity index (χ2v) is 6.36. The lowest BCUT2D eigenvalue weighted by atomic mass is 9.94. The van der Waals surface area contributed by atoms with Gasteiger partial charge in [0.1, 0.15) is 0 Å². The number of hydrogen-bond acceptors (Lipinski definition) is 3. The number of thioether (sulfide) groups is 1. The molecule has 4 heteroatoms. The Hall–Kier alpha value is -1.00. The molecule has 0 fully saturated rings. The quantitative estimate of drug-likeness (QED) is 0.774. The van der Waals surface area contributed by atoms with Gasteiger partial charge in [-0.05, 0) is 36.3 Å². The molecule has 3 nitrogen and oxygen atoms in total. The first-order valence-corrected chi connectivity index (χ1v) is 8.44. The van der Waals surface area contributed by atoms with Crippen LogP contribution in [0, 0.1) is 0 Å². The molecule has 1 aromatic carbocycles. The zero-order valence-corrected chi connectivity index (χ0v) is 13.6. The molecule has 0 atom stereocenters. The predicted molar refractivity (Wildman–Crippen MR) is 88.1 cm³/mol. The maximum Gasteiger partial charge on any atom is 0.251 e. The average molecular weight is 294 g/mol. The van der Waals surface area contributed by atoms with E-state index in [0.717, 1.165) is 24.3 Å². The SMILES string of the molecule is CCSCc1ccc(C(=O)NCC(N)(CC)CC)cc1. The summed E-state index contributed by atoms with van der Waals surface area (Å²) in [5, 5.41) is 2.93. The number of benzene rings is 1. The summed E-state index contributed by atoms with van der Waals surface area (Å²) < 4.78 is 0. The van der Waals surface area contributed by atoms with Crippen molar-refractivity contribution in [2.75, 3.05) is 12.3 Å². The Morgan fingerprint density at radius 3 is 2.30 bits per heavy atom. The number of nitrogens with two attached hydrogens (primary N) is 1. The lowest BCUT2D eigenvalue weighted by molar-refractivity contribution is 0.0942. The molecule has 1 rings (SSSR count). The maximum absolute atomic E-state index is 12.1. The molecule has 0 unspecified atom stereocenters. The lowest BCUT2D eigenvalue weighted by Gasteiger charge is -2.26. The summed E-state index contributed by atoms with van der Waals surface area (Å²) in [6.45, 7) is 6.77. The topological polar surface area (TPSA) is 55.1 Å². The van der Waals surface area contributed by atoms with Crippen LogP contribution in [-0.4, -0.2) is 23.7 Å². The van der Waals surface area contributed by atoms with Crippen molar-refractivity contribution in [3.63, 3.8) is 0 Å². The summed E-state index contributed by atoms with van der Waals surface area (Å²) in [6.07, 6.45) is 1.72. The molecule has 0 saturated heterocycles. The highest BCUT2D eigenvalue weighted by atomic mass is 32.2. The van der Waals surface area contributed by atoms with Crippen molar-refractivity contribution in [1.82, 2.24) is 5.32 Å². The summed E-state index contributed by atoms with van der Waals surface area (Å²) in [7, 11) is 0. The van der Waals surface area contributed by atoms with Crippen molar-refractivity contribution in [2.24, 2.45) is 5.73 Å². The smallest absolute Gasteiger partial charge is 0.251 e. The molecule has 0 saturated carbocycles. The van der Waals surface area contributed by atoms with Crippen LogP contribution in [0.2, 0.25) is 0 Å². The summed E-state index contributed by atoms with van der Waals surface area (Å²) in [5.41, 5.74) is 7.84. The van der Waals surface area contributed by atoms with E-state index in [0.29, 0.717) is 12.1 Å². The van der Waals surface area contributed by atoms with Crippen molar-refractivity contribution in [1.29, 1.82) is 0 Å². The van der Waals surface area contributed by atoms with Crippen LogP contribution in [0.3, 0.4) is 0 Å². The van der Waals surface area contributed by atoms with Gasteiger partial charge in [-0.1, -0.05) is 32.9 Å². The van der Waals surface area contributed by atoms with Gasteiger partial charge in [0.05, 0.1) is 0 Å². The standard InChI is InChI=1S/C16H26N2OS/c1-4-16(17,5-2)12-18-15(19)14-9-7-13(8-10-14)11-20-6-3/h7-10H,4-6,11-12,17H2,1-3H3,(H,18,19). The molecule has 0 aromatic heterocycles. The minimum atomic E-state index is -0.298. The molecule has 0 spiro atoms. The van der Waals surface area contributed by atoms with Crippen LogP contribution in [0.1, 0.15) is 49.5 Å². The number of rotatable bonds is 8. The van der Waals surface area contributed by atoms with E-state index in [4.69, 9.17) is 5.73 Å². The van der Waals surface area contributed by atoms with E-state index in [9.17, 15) is 4.79 Å². The van der Waals surface area contributed by atoms with Crippen molar-refractivity contribution < 1.29 is 4.79 Å². The third kappa shape index (κ3) is 5.17. The van der Waals surface area contributed by atoms with Crippen LogP contribution in [0.15, 0.2) is 24.3 Å². The van der Waals surface area contributed by atoms with Gasteiger partial charge < -0.3 is 11.1 Å². The van der Waals surface area contributed by atoms with E-state index in [1.165, 1.54) is 5.56 Å². The molecule has 1 aromatic rings. The lowest BCUT2D eigenvalue weighted by Crippen LogP contribution is -2.49. The van der Waals surface area contributed by atoms with E-state index in [1.807, 2.05) is 36.0 Å². The highest BCUT2D eigenvalue weighted by Gasteiger charge is 2.21. The first-order valence-electron chi connectivity index (χ1n) is 7.28. The van der Waals surface area contributed by atoms with E-state index >= 15 is 0 Å². The van der Waals surface area contributed by atoms with Crippen molar-refractivity contribution in [2.45, 2.75) is 44.9 Å². The summed E-state index contributed by atoms with van der Waals surface area (Å²) in [6, 6.07) is 7.81. The highest BCUT2D eigenvalue weighted by molar-refractivity contribution is 7.98. The second kappa shape index (κ2) is 8.32. The number of nitrogens with one attached hydrogen (secondary N) is 1. The van der Waals surface area contributed by atoms with Gasteiger partial charge in [0, 0.05) is 23.4 Å². The van der Waals surface area contributed by atoms with E-state index < -0.39 is 0 Å². The zero-order valence-electron chi connectivity index (χ0n) is 12.7. The molecule has 3 N–H and O–H groups in total. The van der Waals surface area contributed by atoms with Crippen molar-refractivity contribution in [3.8, 4) is 0 Å². The van der Waals surface area contributed by atoms with Crippen LogP contribution in [0.5, 0.6) is 0 Å². The largest absolute Gasteiger partial charge is 0.350 e. The van der Waals surface area contributed by atoms with Gasteiger partial charge in [0.25, 0.3) is 5.91 Å². The van der Waals surface area contributed by atoms with Crippen molar-refractivity contribution in [3.05, 3.63) is 35.4 Å². The molecule has 0 radical (unpaired) electrons. The van der Waals surface area contributed by atoms with E-state index in [1.54, 1.807) is 0 Å². The Morgan fingerprint density at radius 1 is 1.20 bits per heavy atom. The van der Waals surface area contributed by atoms with E-state index in [2.05, 4.69) is 26.1 Å². The Kier molecular flexibility index (Phi) is 7.10. The predicted octanol–water partition coefficient (Wildman–Crippen LogP) is 3.19. The Balaban J connectivity index is 2.55. The van der Waals surface area contributed by atoms with Crippen LogP contribution < -0.4 is 11.1 Å². The number of amides is 1. The molecule has 0 aliphatic carbocycles. The fraction of sp³-hybridized carbons (Fsp3) is 0.562. The summed E-state index contributed by atoms with van der Waals surface area (Å²) in [5.74, 6) is 2.06. The van der Waals surface area contributed by atoms with Gasteiger partial charge >= 0.3 is 0 Å². The highest BCUT2D eigenvalue weighted by Crippen LogP contribution is 2.13. The maximum atomic E-state index is 12.1. The third-order valence-electron chi connectivity index (χ3n) is 3.70. The van der Waals surface area contributed by atoms with Crippen LogP contribution in [-0.2, 0) is 5.75 Å². The normalized spacial score (nSPS) is 11.4. The molecule has 112 valence electrons. The average Bonchev–Trinajstić information content (AvgIpc) is 2.50. The van der Waals surface area contributed by atoms with Crippen LogP contribution in [0.4, 0.5) is 0 Å². The number of carbonyl (C=O) groups is 1. The van der Waals surface area contributed by atoms with Gasteiger partial charge in [-0.15, -0.1) is 0 Å². The molecule has 1 amide bonds. The molecular weight excluding hydrogens is 268 g/mol. The fourth-order valence-corrected chi connectivity index (χ4v) is 2.46. The minimum Gasteiger partial charge on any atom is -0.350 e. The van der Waals surface area contributed by atoms with Gasteiger partial charge in [-0.25, -0.2) is 0 Å². The van der Waals surface area contributed by atoms with Gasteiger partial charge in [0.15, 0.2) is 0 Å². The Bertz CT molecular complexity index is 413. The second-order valence-electron chi connectivity index (χ2n) is 5.09. The zero-order chi connectivity index (χ0) is 15.0. The molecular formula is C16H26N2OS. The number of carbonyl (C=O) groups excluding carboxylic acids is 1. The Morgan fingerprint density at radius 2 is 1.80 bits per heavy atom. The first kappa shape index (κ1) is 17.1. The number of hydrogen-bond donors (Lipinski definition) is 2. The monoisotopic (exact) mass is 294 g/mol. The van der Waals surface area contributed by atoms with Crippen LogP contribution >= 0.6 is 11.8 Å².